The largest absolute Gasteiger partial charge is 0.497 e. The molecule has 0 radical (unpaired) electrons. The Balaban J connectivity index is 1.62. The van der Waals surface area contributed by atoms with E-state index in [1.807, 2.05) is 49.1 Å². The normalized spacial score (nSPS) is 14.2. The average molecular weight is 399 g/mol. The van der Waals surface area contributed by atoms with Crippen LogP contribution in [-0.2, 0) is 4.79 Å². The topological polar surface area (TPSA) is 79.8 Å². The Bertz CT molecular complexity index is 818. The summed E-state index contributed by atoms with van der Waals surface area (Å²) in [7, 11) is 3.24. The van der Waals surface area contributed by atoms with Crippen LogP contribution in [-0.4, -0.2) is 74.0 Å². The lowest BCUT2D eigenvalue weighted by Crippen LogP contribution is -2.51. The first kappa shape index (κ1) is 20.9. The van der Waals surface area contributed by atoms with Gasteiger partial charge in [-0.05, 0) is 24.3 Å². The number of rotatable bonds is 7. The number of benzene rings is 1. The van der Waals surface area contributed by atoms with E-state index in [0.29, 0.717) is 31.4 Å². The molecule has 0 saturated carbocycles. The van der Waals surface area contributed by atoms with Crippen molar-refractivity contribution in [2.45, 2.75) is 19.9 Å². The lowest BCUT2D eigenvalue weighted by Gasteiger charge is -2.35. The Labute approximate surface area is 171 Å². The van der Waals surface area contributed by atoms with E-state index in [1.54, 1.807) is 14.2 Å². The van der Waals surface area contributed by atoms with Crippen LogP contribution in [0, 0.1) is 0 Å². The van der Waals surface area contributed by atoms with Gasteiger partial charge in [0.05, 0.1) is 26.5 Å². The lowest BCUT2D eigenvalue weighted by molar-refractivity contribution is -0.130. The van der Waals surface area contributed by atoms with Gasteiger partial charge in [0.25, 0.3) is 0 Å². The van der Waals surface area contributed by atoms with E-state index in [1.165, 1.54) is 0 Å². The Morgan fingerprint density at radius 3 is 2.41 bits per heavy atom. The van der Waals surface area contributed by atoms with Gasteiger partial charge in [0.2, 0.25) is 5.91 Å². The zero-order valence-corrected chi connectivity index (χ0v) is 17.5. The number of hydrogen-bond donors (Lipinski definition) is 1. The minimum atomic E-state index is 0.145. The van der Waals surface area contributed by atoms with Crippen molar-refractivity contribution in [2.75, 3.05) is 51.8 Å². The smallest absolute Gasteiger partial charge is 0.236 e. The number of piperazine rings is 1. The molecule has 1 fully saturated rings. The fourth-order valence-corrected chi connectivity index (χ4v) is 3.24. The highest BCUT2D eigenvalue weighted by atomic mass is 16.5. The van der Waals surface area contributed by atoms with E-state index in [9.17, 15) is 4.79 Å². The third kappa shape index (κ3) is 5.14. The molecular formula is C21H29N5O3. The Kier molecular flexibility index (Phi) is 6.87. The van der Waals surface area contributed by atoms with E-state index in [0.717, 1.165) is 35.9 Å². The molecule has 2 aromatic rings. The molecule has 8 nitrogen and oxygen atoms in total. The number of carbonyl (C=O) groups excluding carboxylic acids is 1. The lowest BCUT2D eigenvalue weighted by atomic mass is 10.1. The molecule has 1 aliphatic rings. The highest BCUT2D eigenvalue weighted by Crippen LogP contribution is 2.32. The number of hydrogen-bond acceptors (Lipinski definition) is 7. The van der Waals surface area contributed by atoms with Crippen LogP contribution in [0.3, 0.4) is 0 Å². The van der Waals surface area contributed by atoms with Gasteiger partial charge in [-0.1, -0.05) is 13.8 Å². The second-order valence-corrected chi connectivity index (χ2v) is 7.25. The number of nitrogens with one attached hydrogen (secondary N) is 1. The number of anilines is 1. The van der Waals surface area contributed by atoms with E-state index in [2.05, 4.69) is 20.4 Å². The molecule has 1 aromatic heterocycles. The molecule has 0 atom stereocenters. The average Bonchev–Trinajstić information content (AvgIpc) is 2.77. The molecule has 29 heavy (non-hydrogen) atoms. The van der Waals surface area contributed by atoms with Gasteiger partial charge in [-0.25, -0.2) is 0 Å². The van der Waals surface area contributed by atoms with Gasteiger partial charge in [-0.3, -0.25) is 4.79 Å². The minimum absolute atomic E-state index is 0.145. The van der Waals surface area contributed by atoms with Crippen LogP contribution < -0.4 is 19.7 Å². The molecular weight excluding hydrogens is 370 g/mol. The Morgan fingerprint density at radius 2 is 1.83 bits per heavy atom. The summed E-state index contributed by atoms with van der Waals surface area (Å²) in [5.74, 6) is 2.37. The molecule has 8 heteroatoms. The van der Waals surface area contributed by atoms with Crippen molar-refractivity contribution in [2.24, 2.45) is 0 Å². The predicted octanol–water partition coefficient (Wildman–Crippen LogP) is 1.81. The standard InChI is InChI=1S/C21H29N5O3/c1-15(2)22-14-21(27)26-11-9-25(10-12-26)20-8-7-18(23-24-20)17-6-5-16(28-3)13-19(17)29-4/h5-8,13,15,22H,9-12,14H2,1-4H3. The van der Waals surface area contributed by atoms with Crippen LogP contribution in [0.2, 0.25) is 0 Å². The summed E-state index contributed by atoms with van der Waals surface area (Å²) in [5.41, 5.74) is 1.60. The highest BCUT2D eigenvalue weighted by Gasteiger charge is 2.22. The Morgan fingerprint density at radius 1 is 1.07 bits per heavy atom. The molecule has 0 unspecified atom stereocenters. The molecule has 1 amide bonds. The Hall–Kier alpha value is -2.87. The number of amides is 1. The SMILES string of the molecule is COc1ccc(-c2ccc(N3CCN(C(=O)CNC(C)C)CC3)nn2)c(OC)c1. The van der Waals surface area contributed by atoms with Crippen molar-refractivity contribution in [3.05, 3.63) is 30.3 Å². The number of carbonyl (C=O) groups is 1. The summed E-state index contributed by atoms with van der Waals surface area (Å²) in [6.45, 7) is 7.32. The number of methoxy groups -OCH3 is 2. The summed E-state index contributed by atoms with van der Waals surface area (Å²) in [5, 5.41) is 12.0. The summed E-state index contributed by atoms with van der Waals surface area (Å²) in [4.78, 5) is 16.3. The summed E-state index contributed by atoms with van der Waals surface area (Å²) >= 11 is 0. The number of aromatic nitrogens is 2. The molecule has 1 N–H and O–H groups in total. The maximum absolute atomic E-state index is 12.2. The van der Waals surface area contributed by atoms with Crippen molar-refractivity contribution in [3.8, 4) is 22.8 Å². The van der Waals surface area contributed by atoms with E-state index in [4.69, 9.17) is 9.47 Å². The molecule has 0 spiro atoms. The van der Waals surface area contributed by atoms with Gasteiger partial charge in [-0.2, -0.15) is 0 Å². The summed E-state index contributed by atoms with van der Waals surface area (Å²) in [6.07, 6.45) is 0. The summed E-state index contributed by atoms with van der Waals surface area (Å²) in [6, 6.07) is 9.82. The van der Waals surface area contributed by atoms with Crippen LogP contribution in [0.4, 0.5) is 5.82 Å². The molecule has 0 aliphatic carbocycles. The monoisotopic (exact) mass is 399 g/mol. The number of ether oxygens (including phenoxy) is 2. The van der Waals surface area contributed by atoms with Gasteiger partial charge in [0.15, 0.2) is 5.82 Å². The maximum atomic E-state index is 12.2. The highest BCUT2D eigenvalue weighted by molar-refractivity contribution is 5.78. The predicted molar refractivity (Wildman–Crippen MR) is 113 cm³/mol. The minimum Gasteiger partial charge on any atom is -0.497 e. The van der Waals surface area contributed by atoms with Gasteiger partial charge in [0, 0.05) is 43.9 Å². The zero-order valence-electron chi connectivity index (χ0n) is 17.5. The van der Waals surface area contributed by atoms with Gasteiger partial charge in [0.1, 0.15) is 11.5 Å². The summed E-state index contributed by atoms with van der Waals surface area (Å²) < 4.78 is 10.7. The first-order valence-corrected chi connectivity index (χ1v) is 9.84. The molecule has 0 bridgehead atoms. The van der Waals surface area contributed by atoms with E-state index in [-0.39, 0.29) is 5.91 Å². The van der Waals surface area contributed by atoms with Crippen LogP contribution in [0.1, 0.15) is 13.8 Å². The molecule has 3 rings (SSSR count). The van der Waals surface area contributed by atoms with Gasteiger partial charge in [-0.15, -0.1) is 10.2 Å². The van der Waals surface area contributed by atoms with Crippen molar-refractivity contribution in [3.63, 3.8) is 0 Å². The van der Waals surface area contributed by atoms with Gasteiger partial charge < -0.3 is 24.6 Å². The van der Waals surface area contributed by atoms with Crippen LogP contribution in [0.5, 0.6) is 11.5 Å². The second kappa shape index (κ2) is 9.56. The van der Waals surface area contributed by atoms with Crippen molar-refractivity contribution >= 4 is 11.7 Å². The molecule has 2 heterocycles. The van der Waals surface area contributed by atoms with Crippen molar-refractivity contribution in [1.82, 2.24) is 20.4 Å². The van der Waals surface area contributed by atoms with Crippen LogP contribution >= 0.6 is 0 Å². The fraction of sp³-hybridized carbons (Fsp3) is 0.476. The van der Waals surface area contributed by atoms with E-state index < -0.39 is 0 Å². The van der Waals surface area contributed by atoms with Crippen molar-refractivity contribution in [1.29, 1.82) is 0 Å². The second-order valence-electron chi connectivity index (χ2n) is 7.25. The first-order chi connectivity index (χ1) is 14.0. The third-order valence-corrected chi connectivity index (χ3v) is 4.95. The quantitative estimate of drug-likeness (QED) is 0.761. The number of nitrogens with zero attached hydrogens (tertiary/aromatic N) is 4. The molecule has 156 valence electrons. The molecule has 1 aliphatic heterocycles. The molecule has 1 saturated heterocycles. The zero-order chi connectivity index (χ0) is 20.8. The van der Waals surface area contributed by atoms with Crippen LogP contribution in [0.15, 0.2) is 30.3 Å². The third-order valence-electron chi connectivity index (χ3n) is 4.95. The fourth-order valence-electron chi connectivity index (χ4n) is 3.24. The van der Waals surface area contributed by atoms with Gasteiger partial charge >= 0.3 is 0 Å². The first-order valence-electron chi connectivity index (χ1n) is 9.84. The van der Waals surface area contributed by atoms with Crippen LogP contribution in [0.25, 0.3) is 11.3 Å². The van der Waals surface area contributed by atoms with Crippen molar-refractivity contribution < 1.29 is 14.3 Å². The van der Waals surface area contributed by atoms with E-state index >= 15 is 0 Å². The maximum Gasteiger partial charge on any atom is 0.236 e. The molecule has 1 aromatic carbocycles.